The lowest BCUT2D eigenvalue weighted by Crippen LogP contribution is -2.14. The quantitative estimate of drug-likeness (QED) is 0.503. The van der Waals surface area contributed by atoms with Crippen molar-refractivity contribution in [2.75, 3.05) is 6.54 Å². The number of fused-ring (bicyclic) bond motifs is 1. The first kappa shape index (κ1) is 17.6. The monoisotopic (exact) mass is 354 g/mol. The zero-order chi connectivity index (χ0) is 17.6. The Kier molecular flexibility index (Phi) is 5.79. The van der Waals surface area contributed by atoms with Gasteiger partial charge in [-0.05, 0) is 42.8 Å². The summed E-state index contributed by atoms with van der Waals surface area (Å²) in [5, 5.41) is 13.9. The highest BCUT2D eigenvalue weighted by Gasteiger charge is 2.18. The third-order valence-electron chi connectivity index (χ3n) is 4.03. The first-order valence-electron chi connectivity index (χ1n) is 8.50. The van der Waals surface area contributed by atoms with Gasteiger partial charge in [0.1, 0.15) is 5.69 Å². The lowest BCUT2D eigenvalue weighted by Gasteiger charge is -2.06. The van der Waals surface area contributed by atoms with E-state index in [0.717, 1.165) is 45.8 Å². The molecular weight excluding hydrogens is 332 g/mol. The molecule has 130 valence electrons. The van der Waals surface area contributed by atoms with Gasteiger partial charge in [0.2, 0.25) is 0 Å². The Morgan fingerprint density at radius 3 is 2.72 bits per heavy atom. The average Bonchev–Trinajstić information content (AvgIpc) is 2.98. The number of nitrogens with one attached hydrogen (secondary N) is 2. The Morgan fingerprint density at radius 1 is 1.20 bits per heavy atom. The van der Waals surface area contributed by atoms with Crippen LogP contribution >= 0.6 is 11.8 Å². The van der Waals surface area contributed by atoms with Crippen LogP contribution in [0.3, 0.4) is 0 Å². The molecule has 0 bridgehead atoms. The summed E-state index contributed by atoms with van der Waals surface area (Å²) in [6.45, 7) is 3.96. The maximum Gasteiger partial charge on any atom is 0.353 e. The number of benzene rings is 2. The number of aromatic nitrogens is 1. The predicted molar refractivity (Wildman–Crippen MR) is 102 cm³/mol. The molecule has 4 nitrogen and oxygen atoms in total. The second-order valence-electron chi connectivity index (χ2n) is 5.96. The van der Waals surface area contributed by atoms with Gasteiger partial charge in [-0.2, -0.15) is 0 Å². The van der Waals surface area contributed by atoms with E-state index in [0.29, 0.717) is 0 Å². The number of unbranched alkanes of at least 4 members (excludes halogenated alkanes) is 1. The second-order valence-corrected chi connectivity index (χ2v) is 7.04. The Labute approximate surface area is 151 Å². The van der Waals surface area contributed by atoms with Crippen LogP contribution in [0, 0.1) is 0 Å². The molecule has 1 aromatic heterocycles. The fourth-order valence-corrected chi connectivity index (χ4v) is 3.77. The first-order valence-corrected chi connectivity index (χ1v) is 9.32. The van der Waals surface area contributed by atoms with Gasteiger partial charge in [0, 0.05) is 22.3 Å². The molecule has 0 aliphatic carbocycles. The second kappa shape index (κ2) is 8.23. The molecule has 0 aliphatic rings. The van der Waals surface area contributed by atoms with Crippen LogP contribution in [-0.2, 0) is 6.54 Å². The van der Waals surface area contributed by atoms with Crippen LogP contribution in [0.25, 0.3) is 10.9 Å². The first-order chi connectivity index (χ1) is 12.2. The van der Waals surface area contributed by atoms with Crippen molar-refractivity contribution in [2.45, 2.75) is 36.1 Å². The normalized spacial score (nSPS) is 11.1. The Bertz CT molecular complexity index is 859. The van der Waals surface area contributed by atoms with Crippen LogP contribution < -0.4 is 5.32 Å². The van der Waals surface area contributed by atoms with Crippen LogP contribution in [0.2, 0.25) is 0 Å². The SMILES string of the molecule is CCCCNCc1ccc2[nH]c(C(=O)O)c(Sc3ccccc3)c2c1. The van der Waals surface area contributed by atoms with Crippen molar-refractivity contribution in [3.8, 4) is 0 Å². The van der Waals surface area contributed by atoms with Gasteiger partial charge >= 0.3 is 5.97 Å². The highest BCUT2D eigenvalue weighted by atomic mass is 32.2. The minimum atomic E-state index is -0.933. The van der Waals surface area contributed by atoms with E-state index in [1.165, 1.54) is 18.2 Å². The average molecular weight is 354 g/mol. The van der Waals surface area contributed by atoms with E-state index >= 15 is 0 Å². The van der Waals surface area contributed by atoms with Crippen molar-refractivity contribution in [3.63, 3.8) is 0 Å². The maximum absolute atomic E-state index is 11.7. The molecule has 0 amide bonds. The summed E-state index contributed by atoms with van der Waals surface area (Å²) in [5.74, 6) is -0.933. The third kappa shape index (κ3) is 4.24. The Hall–Kier alpha value is -2.24. The molecule has 0 unspecified atom stereocenters. The standard InChI is InChI=1S/C20H22N2O2S/c1-2-3-11-21-13-14-9-10-17-16(12-14)19(18(22-17)20(23)24)25-15-7-5-4-6-8-15/h4-10,12,21-22H,2-3,11,13H2,1H3,(H,23,24). The van der Waals surface area contributed by atoms with Gasteiger partial charge in [0.15, 0.2) is 0 Å². The van der Waals surface area contributed by atoms with Crippen molar-refractivity contribution >= 4 is 28.6 Å². The van der Waals surface area contributed by atoms with Crippen LogP contribution in [0.15, 0.2) is 58.3 Å². The number of carboxylic acids is 1. The molecule has 0 atom stereocenters. The van der Waals surface area contributed by atoms with Crippen molar-refractivity contribution in [1.29, 1.82) is 0 Å². The van der Waals surface area contributed by atoms with Crippen molar-refractivity contribution < 1.29 is 9.90 Å². The lowest BCUT2D eigenvalue weighted by atomic mass is 10.1. The summed E-state index contributed by atoms with van der Waals surface area (Å²) in [7, 11) is 0. The van der Waals surface area contributed by atoms with Crippen LogP contribution in [0.4, 0.5) is 0 Å². The number of H-pyrrole nitrogens is 1. The van der Waals surface area contributed by atoms with E-state index in [4.69, 9.17) is 0 Å². The summed E-state index contributed by atoms with van der Waals surface area (Å²) < 4.78 is 0. The van der Waals surface area contributed by atoms with Crippen LogP contribution in [0.1, 0.15) is 35.8 Å². The summed E-state index contributed by atoms with van der Waals surface area (Å²) in [4.78, 5) is 16.5. The minimum absolute atomic E-state index is 0.250. The van der Waals surface area contributed by atoms with Gasteiger partial charge in [-0.15, -0.1) is 0 Å². The smallest absolute Gasteiger partial charge is 0.353 e. The maximum atomic E-state index is 11.7. The largest absolute Gasteiger partial charge is 0.477 e. The minimum Gasteiger partial charge on any atom is -0.477 e. The van der Waals surface area contributed by atoms with Gasteiger partial charge in [-0.3, -0.25) is 0 Å². The lowest BCUT2D eigenvalue weighted by molar-refractivity contribution is 0.0688. The molecule has 3 aromatic rings. The molecular formula is C20H22N2O2S. The fourth-order valence-electron chi connectivity index (χ4n) is 2.72. The third-order valence-corrected chi connectivity index (χ3v) is 5.16. The zero-order valence-electron chi connectivity index (χ0n) is 14.2. The highest BCUT2D eigenvalue weighted by Crippen LogP contribution is 2.37. The van der Waals surface area contributed by atoms with E-state index in [1.54, 1.807) is 0 Å². The van der Waals surface area contributed by atoms with Crippen LogP contribution in [0.5, 0.6) is 0 Å². The number of aromatic amines is 1. The summed E-state index contributed by atoms with van der Waals surface area (Å²) in [5.41, 5.74) is 2.27. The summed E-state index contributed by atoms with van der Waals surface area (Å²) in [6.07, 6.45) is 2.33. The molecule has 25 heavy (non-hydrogen) atoms. The summed E-state index contributed by atoms with van der Waals surface area (Å²) >= 11 is 1.49. The molecule has 0 saturated carbocycles. The van der Waals surface area contributed by atoms with E-state index in [-0.39, 0.29) is 5.69 Å². The molecule has 3 N–H and O–H groups in total. The number of carbonyl (C=O) groups is 1. The van der Waals surface area contributed by atoms with E-state index in [2.05, 4.69) is 23.3 Å². The fraction of sp³-hybridized carbons (Fsp3) is 0.250. The Balaban J connectivity index is 1.93. The number of aromatic carboxylic acids is 1. The molecule has 0 aliphatic heterocycles. The van der Waals surface area contributed by atoms with E-state index in [1.807, 2.05) is 42.5 Å². The molecule has 0 spiro atoms. The Morgan fingerprint density at radius 2 is 2.00 bits per heavy atom. The molecule has 0 radical (unpaired) electrons. The highest BCUT2D eigenvalue weighted by molar-refractivity contribution is 7.99. The molecule has 2 aromatic carbocycles. The van der Waals surface area contributed by atoms with Crippen molar-refractivity contribution in [1.82, 2.24) is 10.3 Å². The molecule has 1 heterocycles. The number of carboxylic acid groups (broad SMARTS) is 1. The van der Waals surface area contributed by atoms with Gasteiger partial charge < -0.3 is 15.4 Å². The van der Waals surface area contributed by atoms with Crippen molar-refractivity contribution in [2.24, 2.45) is 0 Å². The van der Waals surface area contributed by atoms with Gasteiger partial charge in [-0.25, -0.2) is 4.79 Å². The number of rotatable bonds is 8. The van der Waals surface area contributed by atoms with Gasteiger partial charge in [-0.1, -0.05) is 49.4 Å². The van der Waals surface area contributed by atoms with Crippen LogP contribution in [-0.4, -0.2) is 22.6 Å². The zero-order valence-corrected chi connectivity index (χ0v) is 15.0. The molecule has 5 heteroatoms. The molecule has 3 rings (SSSR count). The molecule has 0 fully saturated rings. The predicted octanol–water partition coefficient (Wildman–Crippen LogP) is 4.91. The molecule has 0 saturated heterocycles. The van der Waals surface area contributed by atoms with E-state index < -0.39 is 5.97 Å². The topological polar surface area (TPSA) is 65.1 Å². The van der Waals surface area contributed by atoms with Crippen molar-refractivity contribution in [3.05, 3.63) is 59.8 Å². The number of hydrogen-bond acceptors (Lipinski definition) is 3. The van der Waals surface area contributed by atoms with Gasteiger partial charge in [0.05, 0.1) is 4.90 Å². The number of hydrogen-bond donors (Lipinski definition) is 3. The van der Waals surface area contributed by atoms with E-state index in [9.17, 15) is 9.90 Å². The summed E-state index contributed by atoms with van der Waals surface area (Å²) in [6, 6.07) is 16.0. The van der Waals surface area contributed by atoms with Gasteiger partial charge in [0.25, 0.3) is 0 Å².